The average Bonchev–Trinajstić information content (AvgIpc) is 2.68. The molecule has 0 saturated heterocycles. The predicted octanol–water partition coefficient (Wildman–Crippen LogP) is 3.01. The standard InChI is InChI=1S/C12H22ClN3S/c1-10(2)16(3)7-5-4-6-14-9-12-15-8-11(13)17-12/h8,10,14H,4-7,9H2,1-3H3. The second-order valence-corrected chi connectivity index (χ2v) is 6.26. The van der Waals surface area contributed by atoms with E-state index in [1.54, 1.807) is 17.5 Å². The molecule has 3 nitrogen and oxygen atoms in total. The van der Waals surface area contributed by atoms with Crippen molar-refractivity contribution >= 4 is 22.9 Å². The summed E-state index contributed by atoms with van der Waals surface area (Å²) in [4.78, 5) is 6.58. The number of unbranched alkanes of at least 4 members (excludes halogenated alkanes) is 1. The molecule has 5 heteroatoms. The molecule has 0 aromatic carbocycles. The van der Waals surface area contributed by atoms with Crippen LogP contribution >= 0.6 is 22.9 Å². The van der Waals surface area contributed by atoms with Crippen LogP contribution < -0.4 is 5.32 Å². The van der Waals surface area contributed by atoms with Crippen molar-refractivity contribution in [3.05, 3.63) is 15.5 Å². The van der Waals surface area contributed by atoms with Crippen LogP contribution in [-0.4, -0.2) is 36.1 Å². The van der Waals surface area contributed by atoms with Gasteiger partial charge >= 0.3 is 0 Å². The molecule has 0 unspecified atom stereocenters. The Morgan fingerprint density at radius 3 is 2.82 bits per heavy atom. The molecule has 0 aliphatic rings. The summed E-state index contributed by atoms with van der Waals surface area (Å²) in [5.41, 5.74) is 0. The SMILES string of the molecule is CC(C)N(C)CCCCNCc1ncc(Cl)s1. The molecular formula is C12H22ClN3S. The van der Waals surface area contributed by atoms with Gasteiger partial charge in [-0.15, -0.1) is 11.3 Å². The summed E-state index contributed by atoms with van der Waals surface area (Å²) in [6.45, 7) is 7.50. The Bertz CT molecular complexity index is 314. The molecule has 0 aliphatic heterocycles. The Hall–Kier alpha value is -0.160. The number of nitrogens with zero attached hydrogens (tertiary/aromatic N) is 2. The van der Waals surface area contributed by atoms with Crippen LogP contribution in [0.25, 0.3) is 0 Å². The largest absolute Gasteiger partial charge is 0.310 e. The second kappa shape index (κ2) is 8.03. The Labute approximate surface area is 113 Å². The van der Waals surface area contributed by atoms with Crippen molar-refractivity contribution in [1.82, 2.24) is 15.2 Å². The minimum absolute atomic E-state index is 0.639. The van der Waals surface area contributed by atoms with Crippen molar-refractivity contribution in [3.8, 4) is 0 Å². The van der Waals surface area contributed by atoms with E-state index in [4.69, 9.17) is 11.6 Å². The average molecular weight is 276 g/mol. The highest BCUT2D eigenvalue weighted by molar-refractivity contribution is 7.15. The van der Waals surface area contributed by atoms with E-state index in [0.717, 1.165) is 22.4 Å². The molecule has 0 amide bonds. The van der Waals surface area contributed by atoms with Gasteiger partial charge in [0.15, 0.2) is 0 Å². The van der Waals surface area contributed by atoms with Crippen LogP contribution in [-0.2, 0) is 6.54 Å². The van der Waals surface area contributed by atoms with Crippen LogP contribution in [0.5, 0.6) is 0 Å². The summed E-state index contributed by atoms with van der Waals surface area (Å²) < 4.78 is 0.764. The maximum absolute atomic E-state index is 5.81. The fourth-order valence-electron chi connectivity index (χ4n) is 1.43. The zero-order chi connectivity index (χ0) is 12.7. The maximum atomic E-state index is 5.81. The van der Waals surface area contributed by atoms with Crippen molar-refractivity contribution in [3.63, 3.8) is 0 Å². The molecule has 0 spiro atoms. The zero-order valence-electron chi connectivity index (χ0n) is 10.9. The molecule has 0 fully saturated rings. The van der Waals surface area contributed by atoms with Gasteiger partial charge < -0.3 is 10.2 Å². The molecule has 0 saturated carbocycles. The van der Waals surface area contributed by atoms with E-state index in [0.29, 0.717) is 6.04 Å². The molecular weight excluding hydrogens is 254 g/mol. The molecule has 1 aromatic heterocycles. The predicted molar refractivity (Wildman–Crippen MR) is 75.8 cm³/mol. The molecule has 98 valence electrons. The first-order valence-electron chi connectivity index (χ1n) is 6.10. The van der Waals surface area contributed by atoms with Gasteiger partial charge in [-0.25, -0.2) is 4.98 Å². The highest BCUT2D eigenvalue weighted by Gasteiger charge is 2.02. The van der Waals surface area contributed by atoms with Crippen LogP contribution in [0.3, 0.4) is 0 Å². The third kappa shape index (κ3) is 6.36. The number of rotatable bonds is 8. The number of halogens is 1. The molecule has 1 heterocycles. The number of hydrogen-bond donors (Lipinski definition) is 1. The van der Waals surface area contributed by atoms with E-state index in [-0.39, 0.29) is 0 Å². The highest BCUT2D eigenvalue weighted by atomic mass is 35.5. The van der Waals surface area contributed by atoms with Crippen LogP contribution in [0.2, 0.25) is 4.34 Å². The van der Waals surface area contributed by atoms with Gasteiger partial charge in [-0.1, -0.05) is 11.6 Å². The summed E-state index contributed by atoms with van der Waals surface area (Å²) in [7, 11) is 2.18. The summed E-state index contributed by atoms with van der Waals surface area (Å²) >= 11 is 7.35. The van der Waals surface area contributed by atoms with Crippen molar-refractivity contribution < 1.29 is 0 Å². The minimum Gasteiger partial charge on any atom is -0.310 e. The van der Waals surface area contributed by atoms with Crippen molar-refractivity contribution in [2.24, 2.45) is 0 Å². The van der Waals surface area contributed by atoms with Crippen molar-refractivity contribution in [1.29, 1.82) is 0 Å². The minimum atomic E-state index is 0.639. The smallest absolute Gasteiger partial charge is 0.113 e. The van der Waals surface area contributed by atoms with Gasteiger partial charge in [0.05, 0.1) is 6.20 Å². The molecule has 0 bridgehead atoms. The summed E-state index contributed by atoms with van der Waals surface area (Å²) in [6, 6.07) is 0.639. The van der Waals surface area contributed by atoms with Crippen LogP contribution in [0.1, 0.15) is 31.7 Å². The Morgan fingerprint density at radius 1 is 1.47 bits per heavy atom. The van der Waals surface area contributed by atoms with E-state index in [2.05, 4.69) is 36.1 Å². The first-order chi connectivity index (χ1) is 8.09. The van der Waals surface area contributed by atoms with Gasteiger partial charge in [0.1, 0.15) is 9.34 Å². The van der Waals surface area contributed by atoms with Gasteiger partial charge in [-0.2, -0.15) is 0 Å². The van der Waals surface area contributed by atoms with Crippen molar-refractivity contribution in [2.75, 3.05) is 20.1 Å². The molecule has 1 N–H and O–H groups in total. The first-order valence-corrected chi connectivity index (χ1v) is 7.30. The topological polar surface area (TPSA) is 28.2 Å². The third-order valence-electron chi connectivity index (χ3n) is 2.80. The van der Waals surface area contributed by atoms with Crippen LogP contribution in [0, 0.1) is 0 Å². The summed E-state index contributed by atoms with van der Waals surface area (Å²) in [6.07, 6.45) is 4.15. The lowest BCUT2D eigenvalue weighted by molar-refractivity contribution is 0.268. The quantitative estimate of drug-likeness (QED) is 0.740. The van der Waals surface area contributed by atoms with E-state index >= 15 is 0 Å². The van der Waals surface area contributed by atoms with E-state index in [9.17, 15) is 0 Å². The van der Waals surface area contributed by atoms with Crippen molar-refractivity contribution in [2.45, 2.75) is 39.3 Å². The van der Waals surface area contributed by atoms with E-state index in [1.807, 2.05) is 0 Å². The molecule has 1 aromatic rings. The second-order valence-electron chi connectivity index (χ2n) is 4.52. The van der Waals surface area contributed by atoms with E-state index < -0.39 is 0 Å². The molecule has 0 radical (unpaired) electrons. The first kappa shape index (κ1) is 14.9. The molecule has 0 atom stereocenters. The van der Waals surface area contributed by atoms with Crippen LogP contribution in [0.15, 0.2) is 6.20 Å². The van der Waals surface area contributed by atoms with Gasteiger partial charge in [-0.05, 0) is 46.8 Å². The monoisotopic (exact) mass is 275 g/mol. The highest BCUT2D eigenvalue weighted by Crippen LogP contribution is 2.17. The number of thiazole rings is 1. The lowest BCUT2D eigenvalue weighted by Gasteiger charge is -2.20. The third-order valence-corrected chi connectivity index (χ3v) is 3.91. The molecule has 1 rings (SSSR count). The number of nitrogens with one attached hydrogen (secondary N) is 1. The van der Waals surface area contributed by atoms with E-state index in [1.165, 1.54) is 19.4 Å². The molecule has 17 heavy (non-hydrogen) atoms. The number of aromatic nitrogens is 1. The Balaban J connectivity index is 1.98. The van der Waals surface area contributed by atoms with Gasteiger partial charge in [-0.3, -0.25) is 0 Å². The van der Waals surface area contributed by atoms with Gasteiger partial charge in [0, 0.05) is 12.6 Å². The Kier molecular flexibility index (Phi) is 7.04. The van der Waals surface area contributed by atoms with Gasteiger partial charge in [0.25, 0.3) is 0 Å². The maximum Gasteiger partial charge on any atom is 0.113 e. The summed E-state index contributed by atoms with van der Waals surface area (Å²) in [5, 5.41) is 4.45. The van der Waals surface area contributed by atoms with Crippen LogP contribution in [0.4, 0.5) is 0 Å². The summed E-state index contributed by atoms with van der Waals surface area (Å²) in [5.74, 6) is 0. The fourth-order valence-corrected chi connectivity index (χ4v) is 2.36. The zero-order valence-corrected chi connectivity index (χ0v) is 12.4. The normalized spacial score (nSPS) is 11.6. The lowest BCUT2D eigenvalue weighted by Crippen LogP contribution is -2.27. The molecule has 0 aliphatic carbocycles. The lowest BCUT2D eigenvalue weighted by atomic mass is 10.2. The number of hydrogen-bond acceptors (Lipinski definition) is 4. The fraction of sp³-hybridized carbons (Fsp3) is 0.750. The Morgan fingerprint density at radius 2 is 2.24 bits per heavy atom. The van der Waals surface area contributed by atoms with Gasteiger partial charge in [0.2, 0.25) is 0 Å².